The van der Waals surface area contributed by atoms with Gasteiger partial charge in [0, 0.05) is 36.0 Å². The maximum absolute atomic E-state index is 12.2. The van der Waals surface area contributed by atoms with E-state index in [-0.39, 0.29) is 30.7 Å². The molecule has 3 N–H and O–H groups in total. The maximum atomic E-state index is 12.2. The summed E-state index contributed by atoms with van der Waals surface area (Å²) < 4.78 is 0. The van der Waals surface area contributed by atoms with Crippen molar-refractivity contribution >= 4 is 29.1 Å². The summed E-state index contributed by atoms with van der Waals surface area (Å²) in [6.45, 7) is 0.227. The van der Waals surface area contributed by atoms with Gasteiger partial charge in [-0.3, -0.25) is 19.4 Å². The van der Waals surface area contributed by atoms with E-state index in [1.807, 2.05) is 6.07 Å². The van der Waals surface area contributed by atoms with Crippen LogP contribution in [-0.4, -0.2) is 29.3 Å². The van der Waals surface area contributed by atoms with Crippen LogP contribution in [0.1, 0.15) is 27.1 Å². The lowest BCUT2D eigenvalue weighted by Gasteiger charge is -2.08. The van der Waals surface area contributed by atoms with E-state index >= 15 is 0 Å². The Labute approximate surface area is 168 Å². The molecule has 3 rings (SSSR count). The maximum Gasteiger partial charge on any atom is 0.255 e. The van der Waals surface area contributed by atoms with Crippen LogP contribution in [0.4, 0.5) is 11.4 Å². The Morgan fingerprint density at radius 2 is 1.45 bits per heavy atom. The molecule has 0 saturated heterocycles. The van der Waals surface area contributed by atoms with Crippen molar-refractivity contribution in [1.29, 1.82) is 0 Å². The van der Waals surface area contributed by atoms with Crippen LogP contribution in [0.3, 0.4) is 0 Å². The monoisotopic (exact) mass is 388 g/mol. The number of carbonyl (C=O) groups excluding carboxylic acids is 3. The van der Waals surface area contributed by atoms with Crippen molar-refractivity contribution in [2.75, 3.05) is 17.2 Å². The van der Waals surface area contributed by atoms with Crippen LogP contribution in [0.2, 0.25) is 0 Å². The normalized spacial score (nSPS) is 10.1. The van der Waals surface area contributed by atoms with E-state index in [1.165, 1.54) is 0 Å². The molecular weight excluding hydrogens is 368 g/mol. The number of nitrogens with one attached hydrogen (secondary N) is 3. The number of rotatable bonds is 7. The van der Waals surface area contributed by atoms with E-state index in [1.54, 1.807) is 73.1 Å². The second-order valence-electron chi connectivity index (χ2n) is 6.19. The molecule has 0 unspecified atom stereocenters. The Hall–Kier alpha value is -4.00. The number of aromatic nitrogens is 1. The third-order valence-corrected chi connectivity index (χ3v) is 4.02. The first-order valence-corrected chi connectivity index (χ1v) is 9.06. The summed E-state index contributed by atoms with van der Waals surface area (Å²) in [5.41, 5.74) is 2.18. The Kier molecular flexibility index (Phi) is 6.67. The summed E-state index contributed by atoms with van der Waals surface area (Å²) in [5, 5.41) is 8.19. The lowest BCUT2D eigenvalue weighted by atomic mass is 10.2. The van der Waals surface area contributed by atoms with Gasteiger partial charge in [0.2, 0.25) is 5.91 Å². The summed E-state index contributed by atoms with van der Waals surface area (Å²) in [7, 11) is 0. The SMILES string of the molecule is O=C(CCNC(=O)c1ccccc1)Nc1ccc(C(=O)Nc2cccnc2)cc1. The molecule has 29 heavy (non-hydrogen) atoms. The van der Waals surface area contributed by atoms with Gasteiger partial charge in [0.05, 0.1) is 11.9 Å². The van der Waals surface area contributed by atoms with Crippen LogP contribution >= 0.6 is 0 Å². The van der Waals surface area contributed by atoms with Crippen molar-refractivity contribution in [3.8, 4) is 0 Å². The molecule has 0 bridgehead atoms. The van der Waals surface area contributed by atoms with Crippen molar-refractivity contribution in [3.63, 3.8) is 0 Å². The topological polar surface area (TPSA) is 100 Å². The smallest absolute Gasteiger partial charge is 0.255 e. The zero-order valence-corrected chi connectivity index (χ0v) is 15.6. The van der Waals surface area contributed by atoms with Gasteiger partial charge in [-0.05, 0) is 48.5 Å². The molecule has 3 aromatic rings. The Bertz CT molecular complexity index is 974. The van der Waals surface area contributed by atoms with Gasteiger partial charge >= 0.3 is 0 Å². The van der Waals surface area contributed by atoms with Crippen LogP contribution in [-0.2, 0) is 4.79 Å². The van der Waals surface area contributed by atoms with Gasteiger partial charge < -0.3 is 16.0 Å². The summed E-state index contributed by atoms with van der Waals surface area (Å²) in [5.74, 6) is -0.715. The molecule has 0 radical (unpaired) electrons. The van der Waals surface area contributed by atoms with Gasteiger partial charge in [0.1, 0.15) is 0 Å². The molecule has 0 spiro atoms. The van der Waals surface area contributed by atoms with Crippen molar-refractivity contribution < 1.29 is 14.4 Å². The zero-order valence-electron chi connectivity index (χ0n) is 15.6. The summed E-state index contributed by atoms with van der Waals surface area (Å²) >= 11 is 0. The highest BCUT2D eigenvalue weighted by molar-refractivity contribution is 6.04. The zero-order chi connectivity index (χ0) is 20.5. The summed E-state index contributed by atoms with van der Waals surface area (Å²) in [6, 6.07) is 18.8. The standard InChI is InChI=1S/C22H20N4O3/c27-20(12-14-24-21(28)16-5-2-1-3-6-16)25-18-10-8-17(9-11-18)22(29)26-19-7-4-13-23-15-19/h1-11,13,15H,12,14H2,(H,24,28)(H,25,27)(H,26,29). The summed E-state index contributed by atoms with van der Waals surface area (Å²) in [6.07, 6.45) is 3.32. The number of nitrogens with zero attached hydrogens (tertiary/aromatic N) is 1. The first-order chi connectivity index (χ1) is 14.1. The molecule has 1 heterocycles. The quantitative estimate of drug-likeness (QED) is 0.579. The fourth-order valence-corrected chi connectivity index (χ4v) is 2.55. The van der Waals surface area contributed by atoms with Crippen molar-refractivity contribution in [2.24, 2.45) is 0 Å². The largest absolute Gasteiger partial charge is 0.352 e. The van der Waals surface area contributed by atoms with E-state index in [4.69, 9.17) is 0 Å². The third-order valence-electron chi connectivity index (χ3n) is 4.02. The van der Waals surface area contributed by atoms with Crippen LogP contribution in [0.25, 0.3) is 0 Å². The first kappa shape index (κ1) is 19.8. The fourth-order valence-electron chi connectivity index (χ4n) is 2.55. The number of pyridine rings is 1. The number of benzene rings is 2. The Balaban J connectivity index is 1.45. The van der Waals surface area contributed by atoms with Crippen molar-refractivity contribution in [2.45, 2.75) is 6.42 Å². The van der Waals surface area contributed by atoms with Crippen molar-refractivity contribution in [1.82, 2.24) is 10.3 Å². The molecule has 0 atom stereocenters. The average Bonchev–Trinajstić information content (AvgIpc) is 2.75. The number of amides is 3. The highest BCUT2D eigenvalue weighted by Gasteiger charge is 2.08. The van der Waals surface area contributed by atoms with Crippen molar-refractivity contribution in [3.05, 3.63) is 90.3 Å². The third kappa shape index (κ3) is 6.00. The van der Waals surface area contributed by atoms with Gasteiger partial charge in [-0.25, -0.2) is 0 Å². The molecule has 0 aliphatic heterocycles. The number of anilines is 2. The van der Waals surface area contributed by atoms with Gasteiger partial charge in [0.25, 0.3) is 11.8 Å². The minimum absolute atomic E-state index is 0.141. The Morgan fingerprint density at radius 1 is 0.724 bits per heavy atom. The number of hydrogen-bond acceptors (Lipinski definition) is 4. The van der Waals surface area contributed by atoms with E-state index < -0.39 is 0 Å². The predicted molar refractivity (Wildman–Crippen MR) is 111 cm³/mol. The van der Waals surface area contributed by atoms with Gasteiger partial charge in [-0.2, -0.15) is 0 Å². The average molecular weight is 388 g/mol. The van der Waals surface area contributed by atoms with E-state index in [0.29, 0.717) is 22.5 Å². The molecule has 0 saturated carbocycles. The predicted octanol–water partition coefficient (Wildman–Crippen LogP) is 3.09. The fraction of sp³-hybridized carbons (Fsp3) is 0.0909. The molecule has 1 aromatic heterocycles. The van der Waals surface area contributed by atoms with E-state index in [2.05, 4.69) is 20.9 Å². The first-order valence-electron chi connectivity index (χ1n) is 9.06. The van der Waals surface area contributed by atoms with E-state index in [9.17, 15) is 14.4 Å². The van der Waals surface area contributed by atoms with Crippen LogP contribution < -0.4 is 16.0 Å². The number of carbonyl (C=O) groups is 3. The minimum Gasteiger partial charge on any atom is -0.352 e. The minimum atomic E-state index is -0.264. The lowest BCUT2D eigenvalue weighted by Crippen LogP contribution is -2.27. The van der Waals surface area contributed by atoms with Gasteiger partial charge in [-0.15, -0.1) is 0 Å². The molecule has 7 heteroatoms. The molecule has 0 fully saturated rings. The molecule has 3 amide bonds. The molecule has 0 aliphatic rings. The highest BCUT2D eigenvalue weighted by atomic mass is 16.2. The second kappa shape index (κ2) is 9.80. The molecule has 2 aromatic carbocycles. The highest BCUT2D eigenvalue weighted by Crippen LogP contribution is 2.12. The number of hydrogen-bond donors (Lipinski definition) is 3. The molecule has 146 valence electrons. The lowest BCUT2D eigenvalue weighted by molar-refractivity contribution is -0.116. The van der Waals surface area contributed by atoms with Gasteiger partial charge in [0.15, 0.2) is 0 Å². The van der Waals surface area contributed by atoms with E-state index in [0.717, 1.165) is 0 Å². The Morgan fingerprint density at radius 3 is 2.14 bits per heavy atom. The second-order valence-corrected chi connectivity index (χ2v) is 6.19. The van der Waals surface area contributed by atoms with Gasteiger partial charge in [-0.1, -0.05) is 18.2 Å². The van der Waals surface area contributed by atoms with Crippen LogP contribution in [0.5, 0.6) is 0 Å². The molecular formula is C22H20N4O3. The van der Waals surface area contributed by atoms with Crippen LogP contribution in [0, 0.1) is 0 Å². The summed E-state index contributed by atoms with van der Waals surface area (Å²) in [4.78, 5) is 40.1. The molecule has 0 aliphatic carbocycles. The van der Waals surface area contributed by atoms with Crippen LogP contribution in [0.15, 0.2) is 79.1 Å². The molecule has 7 nitrogen and oxygen atoms in total.